The Morgan fingerprint density at radius 2 is 1.81 bits per heavy atom. The monoisotopic (exact) mass is 346 g/mol. The molecule has 4 heteroatoms. The number of rotatable bonds is 3. The van der Waals surface area contributed by atoms with Gasteiger partial charge >= 0.3 is 0 Å². The third-order valence-electron chi connectivity index (χ3n) is 3.52. The van der Waals surface area contributed by atoms with Crippen LogP contribution < -0.4 is 11.1 Å². The average Bonchev–Trinajstić information content (AvgIpc) is 2.43. The van der Waals surface area contributed by atoms with Crippen LogP contribution in [-0.2, 0) is 10.3 Å². The first-order valence-electron chi connectivity index (χ1n) is 6.75. The van der Waals surface area contributed by atoms with Gasteiger partial charge in [0.15, 0.2) is 0 Å². The fourth-order valence-electron chi connectivity index (χ4n) is 2.23. The van der Waals surface area contributed by atoms with Crippen molar-refractivity contribution in [1.29, 1.82) is 0 Å². The number of nitrogens with one attached hydrogen (secondary N) is 1. The van der Waals surface area contributed by atoms with Crippen molar-refractivity contribution in [3.05, 3.63) is 63.6 Å². The van der Waals surface area contributed by atoms with Crippen LogP contribution in [0.3, 0.4) is 0 Å². The second-order valence-corrected chi connectivity index (χ2v) is 6.32. The highest BCUT2D eigenvalue weighted by atomic mass is 79.9. The Bertz CT molecular complexity index is 643. The predicted octanol–water partition coefficient (Wildman–Crippen LogP) is 3.88. The number of halogens is 1. The standard InChI is InChI=1S/C17H19BrN2O/c1-11-9-12(2)15(14(18)10-11)20-16(21)17(3,19)13-7-5-4-6-8-13/h4-10H,19H2,1-3H3,(H,20,21). The van der Waals surface area contributed by atoms with Crippen LogP contribution in [0.2, 0.25) is 0 Å². The van der Waals surface area contributed by atoms with Gasteiger partial charge in [-0.2, -0.15) is 0 Å². The lowest BCUT2D eigenvalue weighted by Gasteiger charge is -2.25. The summed E-state index contributed by atoms with van der Waals surface area (Å²) in [5, 5.41) is 2.93. The van der Waals surface area contributed by atoms with Gasteiger partial charge in [-0.15, -0.1) is 0 Å². The third-order valence-corrected chi connectivity index (χ3v) is 4.14. The maximum atomic E-state index is 12.6. The van der Waals surface area contributed by atoms with Gasteiger partial charge in [0.2, 0.25) is 5.91 Å². The van der Waals surface area contributed by atoms with Crippen LogP contribution >= 0.6 is 15.9 Å². The molecule has 0 radical (unpaired) electrons. The highest BCUT2D eigenvalue weighted by Crippen LogP contribution is 2.29. The number of anilines is 1. The van der Waals surface area contributed by atoms with Gasteiger partial charge in [-0.1, -0.05) is 36.4 Å². The molecule has 0 aliphatic rings. The highest BCUT2D eigenvalue weighted by Gasteiger charge is 2.31. The van der Waals surface area contributed by atoms with E-state index in [4.69, 9.17) is 5.73 Å². The summed E-state index contributed by atoms with van der Waals surface area (Å²) in [6.07, 6.45) is 0. The molecular weight excluding hydrogens is 328 g/mol. The van der Waals surface area contributed by atoms with Gasteiger partial charge in [0.25, 0.3) is 0 Å². The van der Waals surface area contributed by atoms with Crippen molar-refractivity contribution < 1.29 is 4.79 Å². The van der Waals surface area contributed by atoms with E-state index < -0.39 is 5.54 Å². The van der Waals surface area contributed by atoms with E-state index in [9.17, 15) is 4.79 Å². The van der Waals surface area contributed by atoms with Gasteiger partial charge in [0.1, 0.15) is 5.54 Å². The molecule has 0 saturated heterocycles. The maximum Gasteiger partial charge on any atom is 0.248 e. The summed E-state index contributed by atoms with van der Waals surface area (Å²) in [4.78, 5) is 12.6. The van der Waals surface area contributed by atoms with E-state index in [1.165, 1.54) is 0 Å². The molecule has 21 heavy (non-hydrogen) atoms. The number of amides is 1. The van der Waals surface area contributed by atoms with Crippen LogP contribution in [0.1, 0.15) is 23.6 Å². The van der Waals surface area contributed by atoms with E-state index in [1.807, 2.05) is 56.3 Å². The molecule has 0 fully saturated rings. The molecule has 1 atom stereocenters. The molecular formula is C17H19BrN2O. The van der Waals surface area contributed by atoms with Crippen LogP contribution in [-0.4, -0.2) is 5.91 Å². The topological polar surface area (TPSA) is 55.1 Å². The first-order valence-corrected chi connectivity index (χ1v) is 7.54. The fraction of sp³-hybridized carbons (Fsp3) is 0.235. The van der Waals surface area contributed by atoms with E-state index in [0.717, 1.165) is 26.9 Å². The summed E-state index contributed by atoms with van der Waals surface area (Å²) >= 11 is 3.49. The van der Waals surface area contributed by atoms with Crippen LogP contribution in [0.4, 0.5) is 5.69 Å². The number of hydrogen-bond acceptors (Lipinski definition) is 2. The lowest BCUT2D eigenvalue weighted by molar-refractivity contribution is -0.120. The summed E-state index contributed by atoms with van der Waals surface area (Å²) in [6.45, 7) is 5.69. The first-order chi connectivity index (χ1) is 9.82. The van der Waals surface area contributed by atoms with Gasteiger partial charge in [-0.05, 0) is 59.5 Å². The molecule has 0 aromatic heterocycles. The second kappa shape index (κ2) is 6.00. The van der Waals surface area contributed by atoms with Crippen molar-refractivity contribution in [2.75, 3.05) is 5.32 Å². The molecule has 0 spiro atoms. The molecule has 2 aromatic rings. The largest absolute Gasteiger partial charge is 0.323 e. The van der Waals surface area contributed by atoms with Gasteiger partial charge < -0.3 is 11.1 Å². The highest BCUT2D eigenvalue weighted by molar-refractivity contribution is 9.10. The molecule has 3 N–H and O–H groups in total. The number of carbonyl (C=O) groups excluding carboxylic acids is 1. The Kier molecular flexibility index (Phi) is 4.49. The van der Waals surface area contributed by atoms with Crippen molar-refractivity contribution in [3.8, 4) is 0 Å². The Balaban J connectivity index is 2.30. The average molecular weight is 347 g/mol. The lowest BCUT2D eigenvalue weighted by Crippen LogP contribution is -2.45. The van der Waals surface area contributed by atoms with E-state index in [-0.39, 0.29) is 5.91 Å². The minimum atomic E-state index is -1.09. The number of benzene rings is 2. The molecule has 1 amide bonds. The zero-order chi connectivity index (χ0) is 15.6. The Morgan fingerprint density at radius 1 is 1.19 bits per heavy atom. The summed E-state index contributed by atoms with van der Waals surface area (Å²) in [7, 11) is 0. The van der Waals surface area contributed by atoms with Crippen molar-refractivity contribution in [3.63, 3.8) is 0 Å². The summed E-state index contributed by atoms with van der Waals surface area (Å²) in [6, 6.07) is 13.4. The van der Waals surface area contributed by atoms with E-state index >= 15 is 0 Å². The molecule has 0 saturated carbocycles. The van der Waals surface area contributed by atoms with Gasteiger partial charge in [0.05, 0.1) is 5.69 Å². The number of carbonyl (C=O) groups is 1. The van der Waals surface area contributed by atoms with Crippen molar-refractivity contribution >= 4 is 27.5 Å². The number of aryl methyl sites for hydroxylation is 2. The fourth-order valence-corrected chi connectivity index (χ4v) is 3.01. The molecule has 3 nitrogen and oxygen atoms in total. The molecule has 0 heterocycles. The van der Waals surface area contributed by atoms with Crippen LogP contribution in [0.25, 0.3) is 0 Å². The molecule has 2 aromatic carbocycles. The summed E-state index contributed by atoms with van der Waals surface area (Å²) in [5.74, 6) is -0.235. The Morgan fingerprint density at radius 3 is 2.38 bits per heavy atom. The molecule has 1 unspecified atom stereocenters. The molecule has 0 bridgehead atoms. The molecule has 2 rings (SSSR count). The molecule has 0 aliphatic heterocycles. The predicted molar refractivity (Wildman–Crippen MR) is 90.2 cm³/mol. The first kappa shape index (κ1) is 15.7. The smallest absolute Gasteiger partial charge is 0.248 e. The lowest BCUT2D eigenvalue weighted by atomic mass is 9.92. The van der Waals surface area contributed by atoms with Crippen molar-refractivity contribution in [2.45, 2.75) is 26.3 Å². The van der Waals surface area contributed by atoms with Crippen LogP contribution in [0, 0.1) is 13.8 Å². The van der Waals surface area contributed by atoms with E-state index in [0.29, 0.717) is 0 Å². The normalized spacial score (nSPS) is 13.6. The quantitative estimate of drug-likeness (QED) is 0.885. The Hall–Kier alpha value is -1.65. The third kappa shape index (κ3) is 3.34. The van der Waals surface area contributed by atoms with Crippen LogP contribution in [0.15, 0.2) is 46.9 Å². The van der Waals surface area contributed by atoms with Crippen molar-refractivity contribution in [1.82, 2.24) is 0 Å². The van der Waals surface area contributed by atoms with Gasteiger partial charge in [-0.25, -0.2) is 0 Å². The molecule has 0 aliphatic carbocycles. The van der Waals surface area contributed by atoms with Gasteiger partial charge in [-0.3, -0.25) is 4.79 Å². The summed E-state index contributed by atoms with van der Waals surface area (Å²) < 4.78 is 0.859. The molecule has 110 valence electrons. The maximum absolute atomic E-state index is 12.6. The Labute approximate surface area is 133 Å². The SMILES string of the molecule is Cc1cc(C)c(NC(=O)C(C)(N)c2ccccc2)c(Br)c1. The zero-order valence-electron chi connectivity index (χ0n) is 12.4. The zero-order valence-corrected chi connectivity index (χ0v) is 14.0. The van der Waals surface area contributed by atoms with Crippen LogP contribution in [0.5, 0.6) is 0 Å². The summed E-state index contributed by atoms with van der Waals surface area (Å²) in [5.41, 5.74) is 8.82. The van der Waals surface area contributed by atoms with Gasteiger partial charge in [0, 0.05) is 4.47 Å². The van der Waals surface area contributed by atoms with E-state index in [1.54, 1.807) is 6.92 Å². The second-order valence-electron chi connectivity index (χ2n) is 5.46. The number of hydrogen-bond donors (Lipinski definition) is 2. The number of nitrogens with two attached hydrogens (primary N) is 1. The van der Waals surface area contributed by atoms with Crippen molar-refractivity contribution in [2.24, 2.45) is 5.73 Å². The minimum absolute atomic E-state index is 0.235. The minimum Gasteiger partial charge on any atom is -0.323 e. The van der Waals surface area contributed by atoms with E-state index in [2.05, 4.69) is 21.2 Å².